The second-order valence-corrected chi connectivity index (χ2v) is 32.0. The van der Waals surface area contributed by atoms with Gasteiger partial charge >= 0.3 is 5.97 Å². The van der Waals surface area contributed by atoms with E-state index in [1.165, 1.54) is 48.5 Å². The Kier molecular flexibility index (Phi) is 36.3. The number of aromatic nitrogens is 4. The van der Waals surface area contributed by atoms with Crippen molar-refractivity contribution in [3.8, 4) is 11.5 Å². The van der Waals surface area contributed by atoms with Gasteiger partial charge in [0.25, 0.3) is 0 Å². The Hall–Kier alpha value is -16.2. The van der Waals surface area contributed by atoms with Gasteiger partial charge in [-0.05, 0) is 140 Å². The van der Waals surface area contributed by atoms with E-state index in [9.17, 15) is 53.7 Å². The number of fused-ring (bicyclic) bond motifs is 4. The maximum Gasteiger partial charge on any atom is 0.326 e. The summed E-state index contributed by atoms with van der Waals surface area (Å²) in [4.78, 5) is 187. The van der Waals surface area contributed by atoms with Crippen LogP contribution in [0.2, 0.25) is 0 Å². The molecule has 0 aliphatic carbocycles. The maximum absolute atomic E-state index is 15.2. The molecule has 10 atom stereocenters. The monoisotopic (exact) mass is 1830 g/mol. The van der Waals surface area contributed by atoms with E-state index in [1.807, 2.05) is 24.3 Å². The van der Waals surface area contributed by atoms with Crippen LogP contribution < -0.4 is 108 Å². The van der Waals surface area contributed by atoms with Crippen LogP contribution >= 0.6 is 0 Å². The second-order valence-electron chi connectivity index (χ2n) is 32.0. The Morgan fingerprint density at radius 2 is 0.556 bits per heavy atom. The van der Waals surface area contributed by atoms with Crippen LogP contribution in [0.15, 0.2) is 170 Å². The third-order valence-electron chi connectivity index (χ3n) is 22.0. The molecule has 0 aliphatic rings. The lowest BCUT2D eigenvalue weighted by Gasteiger charge is -2.27. The van der Waals surface area contributed by atoms with Crippen LogP contribution in [-0.4, -0.2) is 230 Å². The van der Waals surface area contributed by atoms with Crippen molar-refractivity contribution in [2.45, 2.75) is 150 Å². The zero-order valence-corrected chi connectivity index (χ0v) is 72.7. The van der Waals surface area contributed by atoms with Gasteiger partial charge in [0.05, 0.1) is 19.1 Å². The predicted octanol–water partition coefficient (Wildman–Crippen LogP) is -1.16. The van der Waals surface area contributed by atoms with E-state index in [1.54, 1.807) is 97.6 Å². The minimum Gasteiger partial charge on any atom is -0.508 e. The van der Waals surface area contributed by atoms with Crippen LogP contribution in [0.1, 0.15) is 84.7 Å². The Morgan fingerprint density at radius 1 is 0.293 bits per heavy atom. The Balaban J connectivity index is 0.841. The van der Waals surface area contributed by atoms with Gasteiger partial charge in [0.15, 0.2) is 23.8 Å². The number of aromatic hydroxyl groups is 2. The fourth-order valence-electron chi connectivity index (χ4n) is 15.1. The van der Waals surface area contributed by atoms with Gasteiger partial charge in [-0.1, -0.05) is 97.1 Å². The summed E-state index contributed by atoms with van der Waals surface area (Å²) in [5, 5.41) is 105. The summed E-state index contributed by atoms with van der Waals surface area (Å²) in [7, 11) is 0. The third kappa shape index (κ3) is 30.5. The zero-order valence-electron chi connectivity index (χ0n) is 72.7. The lowest BCUT2D eigenvalue weighted by atomic mass is 10.0. The van der Waals surface area contributed by atoms with E-state index in [0.29, 0.717) is 55.0 Å². The minimum atomic E-state index is -1.61. The van der Waals surface area contributed by atoms with E-state index in [-0.39, 0.29) is 139 Å². The number of nitrogens with two attached hydrogens (primary N) is 5. The molecule has 704 valence electrons. The highest BCUT2D eigenvalue weighted by molar-refractivity contribution is 6.00. The molecular formula is C90H114N28O15. The van der Waals surface area contributed by atoms with Crippen LogP contribution in [0.5, 0.6) is 11.5 Å². The van der Waals surface area contributed by atoms with Crippen molar-refractivity contribution in [1.82, 2.24) is 99.7 Å². The number of aromatic amines is 4. The fourth-order valence-corrected chi connectivity index (χ4v) is 15.1. The van der Waals surface area contributed by atoms with Gasteiger partial charge in [-0.25, -0.2) is 4.79 Å². The van der Waals surface area contributed by atoms with Crippen molar-refractivity contribution in [3.05, 3.63) is 204 Å². The first kappa shape index (κ1) is 98.9. The summed E-state index contributed by atoms with van der Waals surface area (Å²) in [5.74, 6) is -13.3. The summed E-state index contributed by atoms with van der Waals surface area (Å²) in [6.45, 7) is -1.51. The molecule has 133 heavy (non-hydrogen) atoms. The molecule has 0 saturated heterocycles. The van der Waals surface area contributed by atoms with Crippen molar-refractivity contribution in [1.29, 1.82) is 21.6 Å². The normalized spacial score (nSPS) is 13.4. The molecule has 10 rings (SSSR count). The van der Waals surface area contributed by atoms with E-state index >= 15 is 19.2 Å². The zero-order chi connectivity index (χ0) is 95.6. The van der Waals surface area contributed by atoms with Crippen LogP contribution in [0, 0.1) is 21.6 Å². The minimum absolute atomic E-state index is 0.00452. The Labute approximate surface area is 762 Å². The number of phenols is 2. The molecule has 4 heterocycles. The summed E-state index contributed by atoms with van der Waals surface area (Å²) in [6.07, 6.45) is 5.28. The summed E-state index contributed by atoms with van der Waals surface area (Å²) in [6, 6.07) is 25.3. The summed E-state index contributed by atoms with van der Waals surface area (Å²) < 4.78 is 0. The van der Waals surface area contributed by atoms with Crippen molar-refractivity contribution in [3.63, 3.8) is 0 Å². The number of carbonyl (C=O) groups excluding carboxylic acids is 11. The number of carbonyl (C=O) groups is 12. The van der Waals surface area contributed by atoms with Crippen molar-refractivity contribution in [2.24, 2.45) is 28.7 Å². The number of carboxylic acid groups (broad SMARTS) is 1. The lowest BCUT2D eigenvalue weighted by molar-refractivity contribution is -0.142. The van der Waals surface area contributed by atoms with Gasteiger partial charge in [0.1, 0.15) is 65.9 Å². The molecule has 4 aromatic heterocycles. The number of benzene rings is 6. The fraction of sp³-hybridized carbons (Fsp3) is 0.333. The molecule has 0 spiro atoms. The second kappa shape index (κ2) is 48.8. The average Bonchev–Trinajstić information content (AvgIpc) is 1.72. The molecule has 36 N–H and O–H groups in total. The first-order chi connectivity index (χ1) is 63.8. The highest BCUT2D eigenvalue weighted by Gasteiger charge is 2.37. The van der Waals surface area contributed by atoms with E-state index < -0.39 is 156 Å². The van der Waals surface area contributed by atoms with Gasteiger partial charge in [-0.15, -0.1) is 0 Å². The number of phenolic OH excluding ortho intramolecular Hbond substituents is 2. The SMILES string of the molecule is N=C(N)NCCC[C@@H](NC(=O)CNC(=O)CNC(=O)[C@@H](CCCNC(=N)N)NC(=O)[C@@H](Cc1ccc(O)cc1)NC(=O)[C@@H](Cc1c[nH]c2ccccc12)NC(=O)[C@@H](CCCNC(=N)N)NC(=O)[C@H](N)Cc1c[nH]c2ccccc12)C(=O)N[C@H](Cc1ccc(O)cc1)C(=O)N[C@H](Cc1c[nH]c2ccccc12)C(=O)N[C@H](CCCNC(=N)N)C(=O)N[C@H](Cc1c[nH]c2ccccc12)C(=O)O. The molecule has 10 aromatic rings. The molecule has 0 unspecified atom stereocenters. The summed E-state index contributed by atoms with van der Waals surface area (Å²) >= 11 is 0. The van der Waals surface area contributed by atoms with Crippen molar-refractivity contribution >= 4 is 138 Å². The topological polar surface area (TPSA) is 735 Å². The molecule has 43 heteroatoms. The van der Waals surface area contributed by atoms with Crippen LogP contribution in [-0.2, 0) is 96.1 Å². The van der Waals surface area contributed by atoms with Crippen molar-refractivity contribution < 1.29 is 72.9 Å². The third-order valence-corrected chi connectivity index (χ3v) is 22.0. The number of nitrogens with one attached hydrogen (secondary N) is 23. The Morgan fingerprint density at radius 3 is 0.887 bits per heavy atom. The highest BCUT2D eigenvalue weighted by atomic mass is 16.4. The number of aliphatic carboxylic acids is 1. The molecule has 0 bridgehead atoms. The lowest BCUT2D eigenvalue weighted by Crippen LogP contribution is -2.60. The number of guanidine groups is 4. The van der Waals surface area contributed by atoms with Gasteiger partial charge in [-0.2, -0.15) is 0 Å². The molecule has 0 saturated carbocycles. The molecule has 0 radical (unpaired) electrons. The quantitative estimate of drug-likeness (QED) is 0.0121. The smallest absolute Gasteiger partial charge is 0.326 e. The van der Waals surface area contributed by atoms with Gasteiger partial charge in [0, 0.05) is 127 Å². The number of rotatable bonds is 51. The van der Waals surface area contributed by atoms with E-state index in [0.717, 1.165) is 22.0 Å². The number of para-hydroxylation sites is 4. The predicted molar refractivity (Wildman–Crippen MR) is 497 cm³/mol. The molecule has 0 aliphatic heterocycles. The first-order valence-electron chi connectivity index (χ1n) is 43.1. The highest BCUT2D eigenvalue weighted by Crippen LogP contribution is 2.25. The van der Waals surface area contributed by atoms with Gasteiger partial charge in [-0.3, -0.25) is 74.4 Å². The number of H-pyrrole nitrogens is 4. The molecular weight excluding hydrogens is 1710 g/mol. The van der Waals surface area contributed by atoms with Crippen LogP contribution in [0.25, 0.3) is 43.6 Å². The van der Waals surface area contributed by atoms with Gasteiger partial charge in [0.2, 0.25) is 65.0 Å². The van der Waals surface area contributed by atoms with E-state index in [4.69, 9.17) is 50.3 Å². The van der Waals surface area contributed by atoms with Crippen LogP contribution in [0.3, 0.4) is 0 Å². The van der Waals surface area contributed by atoms with Crippen molar-refractivity contribution in [2.75, 3.05) is 39.3 Å². The molecule has 43 nitrogen and oxygen atoms in total. The number of hydrogen-bond acceptors (Lipinski definition) is 19. The Bertz CT molecular complexity index is 5790. The maximum atomic E-state index is 15.2. The molecule has 0 fully saturated rings. The number of hydrogen-bond donors (Lipinski definition) is 31. The van der Waals surface area contributed by atoms with Gasteiger partial charge < -0.3 is 144 Å². The standard InChI is InChI=1S/C90H114N28O15/c91-61(39-51-43-104-62-17-5-1-13-57(51)62)77(123)111-68(23-11-35-102-89(96)97)80(126)116-73(41-53-45-106-64-19-7-3-15-59(53)64)85(131)115-70(37-49-25-29-55(119)30-26-49)82(128)112-66(21-9-33-100-87(92)93)78(124)109-47-75(121)108-48-76(122)110-67(22-10-34-101-88(94)95)79(125)114-71(38-50-27-31-56(120)32-28-50)83(129)117-72(40-52-44-105-63-18-6-2-14-58(52)63)84(130)113-69(24-12-36-103-90(98)99)81(127)118-74(86(132)133)42-54-46-107-65-20-8-4-16-60(54)65/h1-8,13-20,25-32,43-46,61,66-74,104-107,119-120H,9-12,21-24,33-42,47-48,91H2,(H,108,121)(H,109,124)(H,110,122)(H,111,123)(H,112,128)(H,113,130)(H,114,125)(H,115,131)(H,116,126)(H,117,129)(H,118,127)(H,132,133)(H4,92,93,100)(H4,94,95,101)(H4,96,97,102)(H4,98,99,103)/t61-,66-,67-,68-,69-,70-,71-,72-,73-,74-/m1/s1. The number of carboxylic acids is 1. The molecule has 6 aromatic carbocycles. The molecule has 11 amide bonds. The van der Waals surface area contributed by atoms with E-state index in [2.05, 4.69) is 99.7 Å². The average molecular weight is 1830 g/mol. The largest absolute Gasteiger partial charge is 0.508 e. The first-order valence-corrected chi connectivity index (χ1v) is 43.1. The van der Waals surface area contributed by atoms with Crippen LogP contribution in [0.4, 0.5) is 0 Å². The number of amides is 11. The summed E-state index contributed by atoms with van der Waals surface area (Å²) in [5.41, 5.74) is 34.9.